The molecule has 18 heavy (non-hydrogen) atoms. The van der Waals surface area contributed by atoms with Crippen molar-refractivity contribution in [2.45, 2.75) is 12.6 Å². The maximum absolute atomic E-state index is 10.9. The topological polar surface area (TPSA) is 87.2 Å². The summed E-state index contributed by atoms with van der Waals surface area (Å²) in [7, 11) is -2.86. The van der Waals surface area contributed by atoms with Gasteiger partial charge in [0, 0.05) is 18.0 Å². The second-order valence-corrected chi connectivity index (χ2v) is 5.94. The van der Waals surface area contributed by atoms with Gasteiger partial charge in [0.25, 0.3) is 0 Å². The number of nitrogens with zero attached hydrogens (tertiary/aromatic N) is 2. The lowest BCUT2D eigenvalue weighted by atomic mass is 10.1. The molecule has 0 saturated carbocycles. The third-order valence-electron chi connectivity index (χ3n) is 2.60. The number of hydrogen-bond donors (Lipinski definition) is 1. The Bertz CT molecular complexity index is 541. The minimum absolute atomic E-state index is 0.251. The predicted molar refractivity (Wildman–Crippen MR) is 63.9 cm³/mol. The van der Waals surface area contributed by atoms with Gasteiger partial charge in [-0.3, -0.25) is 14.2 Å². The second kappa shape index (κ2) is 4.94. The molecule has 1 aromatic rings. The Kier molecular flexibility index (Phi) is 3.69. The van der Waals surface area contributed by atoms with Gasteiger partial charge in [0.05, 0.1) is 0 Å². The normalized spacial score (nSPS) is 20.4. The van der Waals surface area contributed by atoms with E-state index in [0.29, 0.717) is 11.6 Å². The van der Waals surface area contributed by atoms with Crippen LogP contribution in [0.3, 0.4) is 0 Å². The van der Waals surface area contributed by atoms with Gasteiger partial charge in [-0.05, 0) is 24.1 Å². The molecule has 2 rings (SSSR count). The van der Waals surface area contributed by atoms with Crippen LogP contribution < -0.4 is 0 Å². The highest BCUT2D eigenvalue weighted by Gasteiger charge is 2.32. The second-order valence-electron chi connectivity index (χ2n) is 3.99. The molecule has 1 unspecified atom stereocenters. The lowest BCUT2D eigenvalue weighted by Gasteiger charge is -2.33. The molecule has 0 radical (unpaired) electrons. The van der Waals surface area contributed by atoms with Gasteiger partial charge in [-0.1, -0.05) is 0 Å². The minimum atomic E-state index is -4.71. The smallest absolute Gasteiger partial charge is 0.300 e. The first kappa shape index (κ1) is 13.4. The molecule has 1 atom stereocenters. The summed E-state index contributed by atoms with van der Waals surface area (Å²) >= 11 is 1.42. The highest BCUT2D eigenvalue weighted by atomic mass is 32.3. The number of carbonyl (C=O) groups excluding carboxylic acids is 1. The zero-order valence-electron chi connectivity index (χ0n) is 9.51. The van der Waals surface area contributed by atoms with E-state index in [4.69, 9.17) is 4.55 Å². The zero-order valence-corrected chi connectivity index (χ0v) is 11.1. The van der Waals surface area contributed by atoms with Gasteiger partial charge in [0.1, 0.15) is 6.04 Å². The monoisotopic (exact) mass is 292 g/mol. The van der Waals surface area contributed by atoms with Gasteiger partial charge < -0.3 is 0 Å². The molecule has 1 amide bonds. The molecule has 100 valence electrons. The van der Waals surface area contributed by atoms with E-state index in [1.54, 1.807) is 0 Å². The summed E-state index contributed by atoms with van der Waals surface area (Å²) in [5.74, 6) is 0. The molecule has 0 spiro atoms. The fourth-order valence-corrected chi connectivity index (χ4v) is 3.31. The first-order valence-corrected chi connectivity index (χ1v) is 7.30. The summed E-state index contributed by atoms with van der Waals surface area (Å²) < 4.78 is 34.3. The Labute approximate surface area is 108 Å². The van der Waals surface area contributed by atoms with Crippen molar-refractivity contribution in [1.82, 2.24) is 9.96 Å². The molecule has 0 bridgehead atoms. The number of hydroxylamine groups is 2. The van der Waals surface area contributed by atoms with Crippen molar-refractivity contribution in [3.05, 3.63) is 21.9 Å². The Morgan fingerprint density at radius 3 is 3.00 bits per heavy atom. The number of rotatable bonds is 4. The Morgan fingerprint density at radius 1 is 1.67 bits per heavy atom. The first-order chi connectivity index (χ1) is 8.40. The van der Waals surface area contributed by atoms with Crippen LogP contribution in [0.2, 0.25) is 0 Å². The van der Waals surface area contributed by atoms with Gasteiger partial charge >= 0.3 is 10.4 Å². The highest BCUT2D eigenvalue weighted by molar-refractivity contribution is 7.80. The predicted octanol–water partition coefficient (Wildman–Crippen LogP) is 0.427. The summed E-state index contributed by atoms with van der Waals surface area (Å²) in [5, 5.41) is 2.49. The SMILES string of the molecule is CN1Cc2ccsc2C(N(C=O)OS(=O)(=O)O)C1. The van der Waals surface area contributed by atoms with Crippen molar-refractivity contribution in [2.24, 2.45) is 0 Å². The summed E-state index contributed by atoms with van der Waals surface area (Å²) in [6, 6.07) is 1.37. The highest BCUT2D eigenvalue weighted by Crippen LogP contribution is 2.34. The van der Waals surface area contributed by atoms with E-state index in [1.165, 1.54) is 11.3 Å². The molecule has 0 aliphatic carbocycles. The molecule has 1 N–H and O–H groups in total. The quantitative estimate of drug-likeness (QED) is 0.492. The molecule has 1 aliphatic rings. The minimum Gasteiger partial charge on any atom is -0.300 e. The van der Waals surface area contributed by atoms with Crippen molar-refractivity contribution in [3.63, 3.8) is 0 Å². The summed E-state index contributed by atoms with van der Waals surface area (Å²) in [4.78, 5) is 13.7. The molecule has 0 saturated heterocycles. The van der Waals surface area contributed by atoms with E-state index in [9.17, 15) is 13.2 Å². The number of likely N-dealkylation sites (N-methyl/N-ethyl adjacent to an activating group) is 1. The van der Waals surface area contributed by atoms with Crippen LogP contribution in [0.5, 0.6) is 0 Å². The molecule has 9 heteroatoms. The van der Waals surface area contributed by atoms with Gasteiger partial charge in [-0.2, -0.15) is 13.5 Å². The Balaban J connectivity index is 2.30. The van der Waals surface area contributed by atoms with Gasteiger partial charge in [0.15, 0.2) is 0 Å². The fraction of sp³-hybridized carbons (Fsp3) is 0.444. The molecular weight excluding hydrogens is 280 g/mol. The Hall–Kier alpha value is -1.00. The first-order valence-electron chi connectivity index (χ1n) is 5.06. The fourth-order valence-electron chi connectivity index (χ4n) is 1.95. The van der Waals surface area contributed by atoms with Crippen LogP contribution in [0.25, 0.3) is 0 Å². The number of carbonyl (C=O) groups is 1. The largest absolute Gasteiger partial charge is 0.418 e. The third kappa shape index (κ3) is 2.87. The maximum Gasteiger partial charge on any atom is 0.418 e. The Morgan fingerprint density at radius 2 is 2.39 bits per heavy atom. The van der Waals surface area contributed by atoms with E-state index >= 15 is 0 Å². The van der Waals surface area contributed by atoms with Crippen LogP contribution in [-0.2, 0) is 26.0 Å². The van der Waals surface area contributed by atoms with Crippen molar-refractivity contribution in [2.75, 3.05) is 13.6 Å². The molecule has 1 aliphatic heterocycles. The third-order valence-corrected chi connectivity index (χ3v) is 4.02. The van der Waals surface area contributed by atoms with Crippen LogP contribution in [0.1, 0.15) is 16.5 Å². The average Bonchev–Trinajstić information content (AvgIpc) is 2.71. The summed E-state index contributed by atoms with van der Waals surface area (Å²) in [6.45, 7) is 1.16. The zero-order chi connectivity index (χ0) is 13.3. The standard InChI is InChI=1S/C9H12N2O5S2/c1-10-4-7-2-3-17-9(7)8(5-10)11(6-12)16-18(13,14)15/h2-3,6,8H,4-5H2,1H3,(H,13,14,15). The van der Waals surface area contributed by atoms with Crippen LogP contribution in [0.15, 0.2) is 11.4 Å². The van der Waals surface area contributed by atoms with E-state index in [0.717, 1.165) is 17.0 Å². The summed E-state index contributed by atoms with van der Waals surface area (Å²) in [5.41, 5.74) is 1.02. The molecule has 1 aromatic heterocycles. The van der Waals surface area contributed by atoms with E-state index < -0.39 is 16.4 Å². The number of amides is 1. The number of fused-ring (bicyclic) bond motifs is 1. The molecule has 0 aromatic carbocycles. The van der Waals surface area contributed by atoms with E-state index in [1.807, 2.05) is 23.4 Å². The van der Waals surface area contributed by atoms with Crippen molar-refractivity contribution in [3.8, 4) is 0 Å². The van der Waals surface area contributed by atoms with Crippen LogP contribution in [0.4, 0.5) is 0 Å². The summed E-state index contributed by atoms with van der Waals surface area (Å²) in [6.07, 6.45) is 0.251. The molecular formula is C9H12N2O5S2. The maximum atomic E-state index is 10.9. The van der Waals surface area contributed by atoms with Gasteiger partial charge in [-0.15, -0.1) is 15.6 Å². The molecule has 0 fully saturated rings. The average molecular weight is 292 g/mol. The lowest BCUT2D eigenvalue weighted by molar-refractivity contribution is -0.153. The van der Waals surface area contributed by atoms with Crippen molar-refractivity contribution < 1.29 is 22.0 Å². The molecule has 7 nitrogen and oxygen atoms in total. The van der Waals surface area contributed by atoms with E-state index in [2.05, 4.69) is 4.28 Å². The van der Waals surface area contributed by atoms with Gasteiger partial charge in [0.2, 0.25) is 6.41 Å². The van der Waals surface area contributed by atoms with Crippen molar-refractivity contribution >= 4 is 28.1 Å². The number of hydrogen-bond acceptors (Lipinski definition) is 6. The lowest BCUT2D eigenvalue weighted by Crippen LogP contribution is -2.40. The van der Waals surface area contributed by atoms with Crippen LogP contribution in [-0.4, -0.2) is 42.9 Å². The van der Waals surface area contributed by atoms with Gasteiger partial charge in [-0.25, -0.2) is 0 Å². The van der Waals surface area contributed by atoms with Crippen LogP contribution >= 0.6 is 11.3 Å². The molecule has 2 heterocycles. The van der Waals surface area contributed by atoms with Crippen molar-refractivity contribution in [1.29, 1.82) is 0 Å². The van der Waals surface area contributed by atoms with Crippen LogP contribution in [0, 0.1) is 0 Å². The van der Waals surface area contributed by atoms with E-state index in [-0.39, 0.29) is 6.41 Å². The number of thiophene rings is 1.